The van der Waals surface area contributed by atoms with Gasteiger partial charge in [0.25, 0.3) is 0 Å². The summed E-state index contributed by atoms with van der Waals surface area (Å²) in [5.74, 6) is 0.0127. The van der Waals surface area contributed by atoms with Gasteiger partial charge in [0, 0.05) is 24.2 Å². The molecule has 26 heavy (non-hydrogen) atoms. The highest BCUT2D eigenvalue weighted by atomic mass is 16.3. The van der Waals surface area contributed by atoms with Gasteiger partial charge in [0.2, 0.25) is 5.56 Å². The van der Waals surface area contributed by atoms with Crippen molar-refractivity contribution in [2.45, 2.75) is 31.8 Å². The maximum atomic E-state index is 11.5. The number of nitrogens with one attached hydrogen (secondary N) is 2. The highest BCUT2D eigenvalue weighted by Crippen LogP contribution is 2.30. The predicted molar refractivity (Wildman–Crippen MR) is 105 cm³/mol. The first kappa shape index (κ1) is 18.0. The van der Waals surface area contributed by atoms with Crippen LogP contribution in [-0.4, -0.2) is 22.2 Å². The Bertz CT molecular complexity index is 932. The lowest BCUT2D eigenvalue weighted by atomic mass is 9.97. The summed E-state index contributed by atoms with van der Waals surface area (Å²) >= 11 is 0. The van der Waals surface area contributed by atoms with Crippen LogP contribution in [0.4, 0.5) is 5.69 Å². The number of hydrogen-bond donors (Lipinski definition) is 4. The fourth-order valence-electron chi connectivity index (χ4n) is 3.21. The number of pyridine rings is 1. The van der Waals surface area contributed by atoms with Crippen LogP contribution in [0, 0.1) is 0 Å². The average molecular weight is 352 g/mol. The second-order valence-electron chi connectivity index (χ2n) is 6.49. The van der Waals surface area contributed by atoms with Crippen molar-refractivity contribution in [3.05, 3.63) is 70.0 Å². The molecule has 0 amide bonds. The van der Waals surface area contributed by atoms with Gasteiger partial charge >= 0.3 is 0 Å². The van der Waals surface area contributed by atoms with Crippen LogP contribution in [0.3, 0.4) is 0 Å². The van der Waals surface area contributed by atoms with Gasteiger partial charge in [0.1, 0.15) is 5.75 Å². The zero-order valence-corrected chi connectivity index (χ0v) is 14.8. The monoisotopic (exact) mass is 352 g/mol. The van der Waals surface area contributed by atoms with E-state index in [0.717, 1.165) is 30.5 Å². The molecule has 0 bridgehead atoms. The Labute approximate surface area is 152 Å². The molecule has 5 heteroatoms. The molecule has 1 atom stereocenters. The minimum absolute atomic E-state index is 0.0127. The summed E-state index contributed by atoms with van der Waals surface area (Å²) in [6, 6.07) is 14.7. The van der Waals surface area contributed by atoms with Crippen LogP contribution in [0.1, 0.15) is 36.5 Å². The summed E-state index contributed by atoms with van der Waals surface area (Å²) in [4.78, 5) is 14.1. The molecule has 0 spiro atoms. The molecule has 0 aliphatic rings. The van der Waals surface area contributed by atoms with Crippen LogP contribution in [-0.2, 0) is 6.42 Å². The Morgan fingerprint density at radius 3 is 2.54 bits per heavy atom. The molecular weight excluding hydrogens is 328 g/mol. The van der Waals surface area contributed by atoms with Crippen molar-refractivity contribution in [1.82, 2.24) is 4.98 Å². The van der Waals surface area contributed by atoms with Crippen molar-refractivity contribution < 1.29 is 10.2 Å². The summed E-state index contributed by atoms with van der Waals surface area (Å²) in [6.07, 6.45) is 2.85. The normalized spacial score (nSPS) is 12.2. The molecule has 1 heterocycles. The summed E-state index contributed by atoms with van der Waals surface area (Å²) in [7, 11) is 1.90. The van der Waals surface area contributed by atoms with Crippen LogP contribution in [0.15, 0.2) is 53.3 Å². The molecule has 0 unspecified atom stereocenters. The molecule has 5 nitrogen and oxygen atoms in total. The minimum Gasteiger partial charge on any atom is -0.506 e. The largest absolute Gasteiger partial charge is 0.506 e. The third-order valence-electron chi connectivity index (χ3n) is 4.70. The molecule has 3 aromatic rings. The first-order chi connectivity index (χ1) is 12.6. The number of rotatable bonds is 7. The number of unbranched alkanes of at least 4 members (excludes halogenated alkanes) is 1. The molecule has 136 valence electrons. The third-order valence-corrected chi connectivity index (χ3v) is 4.70. The fourth-order valence-corrected chi connectivity index (χ4v) is 3.21. The number of aliphatic hydroxyl groups excluding tert-OH is 1. The number of aryl methyl sites for hydroxylation is 1. The van der Waals surface area contributed by atoms with Gasteiger partial charge in [-0.25, -0.2) is 0 Å². The van der Waals surface area contributed by atoms with Gasteiger partial charge in [-0.2, -0.15) is 0 Å². The minimum atomic E-state index is -0.629. The highest BCUT2D eigenvalue weighted by Gasteiger charge is 2.13. The number of aromatic nitrogens is 1. The van der Waals surface area contributed by atoms with Crippen LogP contribution >= 0.6 is 0 Å². The SMILES string of the molecule is CNc1ccc(CCCC[C@H](O)c2ccc(O)c3[nH]c(=O)ccc23)cc1. The molecule has 0 fully saturated rings. The van der Waals surface area contributed by atoms with Gasteiger partial charge in [-0.15, -0.1) is 0 Å². The summed E-state index contributed by atoms with van der Waals surface area (Å²) < 4.78 is 0. The van der Waals surface area contributed by atoms with Gasteiger partial charge in [-0.3, -0.25) is 4.79 Å². The molecule has 1 aromatic heterocycles. The maximum Gasteiger partial charge on any atom is 0.248 e. The van der Waals surface area contributed by atoms with Gasteiger partial charge in [-0.05, 0) is 54.7 Å². The van der Waals surface area contributed by atoms with E-state index >= 15 is 0 Å². The third kappa shape index (κ3) is 4.06. The van der Waals surface area contributed by atoms with E-state index in [2.05, 4.69) is 34.6 Å². The lowest BCUT2D eigenvalue weighted by molar-refractivity contribution is 0.165. The van der Waals surface area contributed by atoms with Crippen LogP contribution in [0.2, 0.25) is 0 Å². The van der Waals surface area contributed by atoms with Gasteiger partial charge in [-0.1, -0.05) is 24.6 Å². The Morgan fingerprint density at radius 2 is 1.81 bits per heavy atom. The molecule has 0 aliphatic heterocycles. The molecule has 0 saturated carbocycles. The summed E-state index contributed by atoms with van der Waals surface area (Å²) in [6.45, 7) is 0. The van der Waals surface area contributed by atoms with Gasteiger partial charge in [0.05, 0.1) is 11.6 Å². The van der Waals surface area contributed by atoms with Crippen LogP contribution in [0.5, 0.6) is 5.75 Å². The molecule has 0 aliphatic carbocycles. The smallest absolute Gasteiger partial charge is 0.248 e. The van der Waals surface area contributed by atoms with E-state index in [0.29, 0.717) is 17.3 Å². The number of H-pyrrole nitrogens is 1. The van der Waals surface area contributed by atoms with Gasteiger partial charge in [0.15, 0.2) is 0 Å². The van der Waals surface area contributed by atoms with Crippen LogP contribution in [0.25, 0.3) is 10.9 Å². The quantitative estimate of drug-likeness (QED) is 0.488. The zero-order chi connectivity index (χ0) is 18.5. The lowest BCUT2D eigenvalue weighted by Gasteiger charge is -2.14. The number of anilines is 1. The number of phenolic OH excluding ortho intramolecular Hbond substituents is 1. The molecule has 3 rings (SSSR count). The van der Waals surface area contributed by atoms with E-state index in [-0.39, 0.29) is 11.3 Å². The average Bonchev–Trinajstić information content (AvgIpc) is 2.66. The Morgan fingerprint density at radius 1 is 1.04 bits per heavy atom. The first-order valence-corrected chi connectivity index (χ1v) is 8.88. The molecule has 0 saturated heterocycles. The van der Waals surface area contributed by atoms with E-state index < -0.39 is 6.10 Å². The van der Waals surface area contributed by atoms with E-state index in [1.807, 2.05) is 7.05 Å². The lowest BCUT2D eigenvalue weighted by Crippen LogP contribution is -2.05. The van der Waals surface area contributed by atoms with Crippen molar-refractivity contribution in [2.24, 2.45) is 0 Å². The van der Waals surface area contributed by atoms with Crippen LogP contribution < -0.4 is 10.9 Å². The number of aromatic hydroxyl groups is 1. The number of fused-ring (bicyclic) bond motifs is 1. The topological polar surface area (TPSA) is 85.3 Å². The number of benzene rings is 2. The number of aromatic amines is 1. The van der Waals surface area contributed by atoms with E-state index in [4.69, 9.17) is 0 Å². The Balaban J connectivity index is 1.61. The molecular formula is C21H24N2O3. The van der Waals surface area contributed by atoms with Crippen molar-refractivity contribution in [1.29, 1.82) is 0 Å². The summed E-state index contributed by atoms with van der Waals surface area (Å²) in [5, 5.41) is 24.3. The summed E-state index contributed by atoms with van der Waals surface area (Å²) in [5.41, 5.74) is 3.21. The van der Waals surface area contributed by atoms with E-state index in [9.17, 15) is 15.0 Å². The van der Waals surface area contributed by atoms with Gasteiger partial charge < -0.3 is 20.5 Å². The Kier molecular flexibility index (Phi) is 5.58. The predicted octanol–water partition coefficient (Wildman–Crippen LogP) is 3.72. The number of hydrogen-bond acceptors (Lipinski definition) is 4. The fraction of sp³-hybridized carbons (Fsp3) is 0.286. The van der Waals surface area contributed by atoms with Crippen molar-refractivity contribution in [3.63, 3.8) is 0 Å². The second kappa shape index (κ2) is 8.06. The first-order valence-electron chi connectivity index (χ1n) is 8.88. The van der Waals surface area contributed by atoms with E-state index in [1.165, 1.54) is 17.7 Å². The number of phenols is 1. The Hall–Kier alpha value is -2.79. The molecule has 2 aromatic carbocycles. The second-order valence-corrected chi connectivity index (χ2v) is 6.49. The van der Waals surface area contributed by atoms with E-state index in [1.54, 1.807) is 12.1 Å². The highest BCUT2D eigenvalue weighted by molar-refractivity contribution is 5.87. The molecule has 4 N–H and O–H groups in total. The molecule has 0 radical (unpaired) electrons. The van der Waals surface area contributed by atoms with Crippen molar-refractivity contribution in [3.8, 4) is 5.75 Å². The standard InChI is InChI=1S/C21H24N2O3/c1-22-15-8-6-14(7-9-15)4-2-3-5-18(24)16-10-12-19(25)21-17(16)11-13-20(26)23-21/h6-13,18,22,24-25H,2-5H2,1H3,(H,23,26)/t18-/m0/s1. The van der Waals surface area contributed by atoms with Crippen molar-refractivity contribution in [2.75, 3.05) is 12.4 Å². The number of aliphatic hydroxyl groups is 1. The van der Waals surface area contributed by atoms with Crippen molar-refractivity contribution >= 4 is 16.6 Å². The zero-order valence-electron chi connectivity index (χ0n) is 14.8. The maximum absolute atomic E-state index is 11.5.